The van der Waals surface area contributed by atoms with E-state index >= 15 is 0 Å². The van der Waals surface area contributed by atoms with Crippen molar-refractivity contribution in [2.24, 2.45) is 5.92 Å². The fraction of sp³-hybridized carbons (Fsp3) is 0.364. The first-order chi connectivity index (χ1) is 12.9. The van der Waals surface area contributed by atoms with Crippen LogP contribution in [0.5, 0.6) is 0 Å². The van der Waals surface area contributed by atoms with E-state index in [0.717, 1.165) is 5.69 Å². The predicted molar refractivity (Wildman–Crippen MR) is 104 cm³/mol. The van der Waals surface area contributed by atoms with E-state index in [0.29, 0.717) is 31.0 Å². The molecule has 1 saturated heterocycles. The van der Waals surface area contributed by atoms with Gasteiger partial charge in [0, 0.05) is 25.2 Å². The number of nitrogens with one attached hydrogen (secondary N) is 1. The van der Waals surface area contributed by atoms with E-state index in [2.05, 4.69) is 19.2 Å². The minimum atomic E-state index is -0.372. The number of amides is 2. The molecule has 3 rings (SSSR count). The summed E-state index contributed by atoms with van der Waals surface area (Å²) in [5, 5.41) is 2.90. The summed E-state index contributed by atoms with van der Waals surface area (Å²) in [4.78, 5) is 26.4. The molecule has 0 spiro atoms. The summed E-state index contributed by atoms with van der Waals surface area (Å²) in [5.41, 5.74) is 2.54. The SMILES string of the molecule is CC(C)c1ccc(NC(=O)C2CC(=O)N(CCc3ccccc3F)C2)cc1. The van der Waals surface area contributed by atoms with E-state index in [9.17, 15) is 14.0 Å². The lowest BCUT2D eigenvalue weighted by atomic mass is 10.0. The molecule has 1 fully saturated rings. The molecule has 5 heteroatoms. The summed E-state index contributed by atoms with van der Waals surface area (Å²) in [7, 11) is 0. The molecule has 2 aromatic rings. The van der Waals surface area contributed by atoms with Gasteiger partial charge in [0.25, 0.3) is 0 Å². The Morgan fingerprint density at radius 1 is 1.19 bits per heavy atom. The van der Waals surface area contributed by atoms with Gasteiger partial charge in [0.2, 0.25) is 11.8 Å². The second-order valence-electron chi connectivity index (χ2n) is 7.35. The first-order valence-corrected chi connectivity index (χ1v) is 9.36. The third kappa shape index (κ3) is 4.73. The van der Waals surface area contributed by atoms with Crippen LogP contribution in [0.2, 0.25) is 0 Å². The highest BCUT2D eigenvalue weighted by Gasteiger charge is 2.34. The zero-order valence-electron chi connectivity index (χ0n) is 15.7. The smallest absolute Gasteiger partial charge is 0.229 e. The molecule has 0 aromatic heterocycles. The van der Waals surface area contributed by atoms with Crippen molar-refractivity contribution in [3.63, 3.8) is 0 Å². The Morgan fingerprint density at radius 2 is 1.89 bits per heavy atom. The highest BCUT2D eigenvalue weighted by molar-refractivity contribution is 5.97. The van der Waals surface area contributed by atoms with Crippen molar-refractivity contribution in [3.8, 4) is 0 Å². The van der Waals surface area contributed by atoms with Gasteiger partial charge in [-0.25, -0.2) is 4.39 Å². The van der Waals surface area contributed by atoms with E-state index < -0.39 is 0 Å². The maximum absolute atomic E-state index is 13.7. The normalized spacial score (nSPS) is 16.8. The number of nitrogens with zero attached hydrogens (tertiary/aromatic N) is 1. The molecule has 2 aromatic carbocycles. The van der Waals surface area contributed by atoms with Crippen LogP contribution in [0, 0.1) is 11.7 Å². The number of carbonyl (C=O) groups is 2. The molecule has 1 aliphatic heterocycles. The number of likely N-dealkylation sites (tertiary alicyclic amines) is 1. The molecule has 1 atom stereocenters. The first-order valence-electron chi connectivity index (χ1n) is 9.36. The number of hydrogen-bond donors (Lipinski definition) is 1. The van der Waals surface area contributed by atoms with Crippen LogP contribution in [-0.4, -0.2) is 29.8 Å². The van der Waals surface area contributed by atoms with Gasteiger partial charge in [0.15, 0.2) is 0 Å². The van der Waals surface area contributed by atoms with Gasteiger partial charge in [-0.05, 0) is 41.7 Å². The summed E-state index contributed by atoms with van der Waals surface area (Å²) < 4.78 is 13.7. The fourth-order valence-corrected chi connectivity index (χ4v) is 3.32. The van der Waals surface area contributed by atoms with Crippen molar-refractivity contribution < 1.29 is 14.0 Å². The maximum atomic E-state index is 13.7. The van der Waals surface area contributed by atoms with Crippen molar-refractivity contribution in [1.29, 1.82) is 0 Å². The number of halogens is 1. The van der Waals surface area contributed by atoms with Gasteiger partial charge >= 0.3 is 0 Å². The summed E-state index contributed by atoms with van der Waals surface area (Å²) in [6, 6.07) is 14.4. The van der Waals surface area contributed by atoms with Crippen molar-refractivity contribution in [2.45, 2.75) is 32.6 Å². The van der Waals surface area contributed by atoms with Gasteiger partial charge in [-0.2, -0.15) is 0 Å². The van der Waals surface area contributed by atoms with Crippen LogP contribution in [0.3, 0.4) is 0 Å². The summed E-state index contributed by atoms with van der Waals surface area (Å²) in [6.07, 6.45) is 0.649. The molecule has 142 valence electrons. The Hall–Kier alpha value is -2.69. The molecule has 1 aliphatic rings. The minimum absolute atomic E-state index is 0.0540. The topological polar surface area (TPSA) is 49.4 Å². The third-order valence-electron chi connectivity index (χ3n) is 5.04. The largest absolute Gasteiger partial charge is 0.342 e. The molecule has 27 heavy (non-hydrogen) atoms. The first kappa shape index (κ1) is 19.1. The molecule has 2 amide bonds. The predicted octanol–water partition coefficient (Wildman–Crippen LogP) is 3.98. The maximum Gasteiger partial charge on any atom is 0.229 e. The van der Waals surface area contributed by atoms with Crippen LogP contribution in [0.4, 0.5) is 10.1 Å². The molecule has 0 aliphatic carbocycles. The van der Waals surface area contributed by atoms with Crippen molar-refractivity contribution >= 4 is 17.5 Å². The van der Waals surface area contributed by atoms with Crippen LogP contribution < -0.4 is 5.32 Å². The molecule has 1 N–H and O–H groups in total. The molecule has 1 unspecified atom stereocenters. The van der Waals surface area contributed by atoms with E-state index in [1.54, 1.807) is 23.1 Å². The molecular formula is C22H25FN2O2. The Labute approximate surface area is 159 Å². The lowest BCUT2D eigenvalue weighted by Crippen LogP contribution is -2.30. The average Bonchev–Trinajstić information content (AvgIpc) is 3.02. The Kier molecular flexibility index (Phi) is 5.89. The second-order valence-corrected chi connectivity index (χ2v) is 7.35. The lowest BCUT2D eigenvalue weighted by molar-refractivity contribution is -0.128. The van der Waals surface area contributed by atoms with Gasteiger partial charge in [-0.3, -0.25) is 9.59 Å². The number of anilines is 1. The lowest BCUT2D eigenvalue weighted by Gasteiger charge is -2.17. The number of carbonyl (C=O) groups excluding carboxylic acids is 2. The van der Waals surface area contributed by atoms with Crippen LogP contribution in [0.25, 0.3) is 0 Å². The fourth-order valence-electron chi connectivity index (χ4n) is 3.32. The standard InChI is InChI=1S/C22H25FN2O2/c1-15(2)16-7-9-19(10-8-16)24-22(27)18-13-21(26)25(14-18)12-11-17-5-3-4-6-20(17)23/h3-10,15,18H,11-14H2,1-2H3,(H,24,27). The Morgan fingerprint density at radius 3 is 2.56 bits per heavy atom. The molecule has 1 heterocycles. The van der Waals surface area contributed by atoms with Gasteiger partial charge in [0.05, 0.1) is 5.92 Å². The van der Waals surface area contributed by atoms with Crippen LogP contribution in [0.15, 0.2) is 48.5 Å². The quantitative estimate of drug-likeness (QED) is 0.838. The number of hydrogen-bond acceptors (Lipinski definition) is 2. The third-order valence-corrected chi connectivity index (χ3v) is 5.04. The van der Waals surface area contributed by atoms with Gasteiger partial charge in [0.1, 0.15) is 5.82 Å². The van der Waals surface area contributed by atoms with Crippen molar-refractivity contribution in [1.82, 2.24) is 4.90 Å². The molecule has 4 nitrogen and oxygen atoms in total. The van der Waals surface area contributed by atoms with Crippen LogP contribution in [0.1, 0.15) is 37.3 Å². The van der Waals surface area contributed by atoms with Gasteiger partial charge < -0.3 is 10.2 Å². The minimum Gasteiger partial charge on any atom is -0.342 e. The van der Waals surface area contributed by atoms with E-state index in [1.807, 2.05) is 24.3 Å². The Balaban J connectivity index is 1.54. The van der Waals surface area contributed by atoms with Crippen molar-refractivity contribution in [2.75, 3.05) is 18.4 Å². The zero-order chi connectivity index (χ0) is 19.4. The van der Waals surface area contributed by atoms with E-state index in [-0.39, 0.29) is 30.0 Å². The zero-order valence-corrected chi connectivity index (χ0v) is 15.7. The Bertz CT molecular complexity index is 817. The summed E-state index contributed by atoms with van der Waals surface area (Å²) in [6.45, 7) is 5.04. The van der Waals surface area contributed by atoms with Crippen LogP contribution >= 0.6 is 0 Å². The van der Waals surface area contributed by atoms with E-state index in [4.69, 9.17) is 0 Å². The second kappa shape index (κ2) is 8.33. The van der Waals surface area contributed by atoms with Crippen molar-refractivity contribution in [3.05, 3.63) is 65.5 Å². The summed E-state index contributed by atoms with van der Waals surface area (Å²) in [5.74, 6) is -0.396. The van der Waals surface area contributed by atoms with Gasteiger partial charge in [-0.15, -0.1) is 0 Å². The number of rotatable bonds is 6. The molecule has 0 bridgehead atoms. The number of benzene rings is 2. The summed E-state index contributed by atoms with van der Waals surface area (Å²) >= 11 is 0. The highest BCUT2D eigenvalue weighted by atomic mass is 19.1. The van der Waals surface area contributed by atoms with E-state index in [1.165, 1.54) is 11.6 Å². The average molecular weight is 368 g/mol. The molecule has 0 saturated carbocycles. The van der Waals surface area contributed by atoms with Crippen LogP contribution in [-0.2, 0) is 16.0 Å². The monoisotopic (exact) mass is 368 g/mol. The van der Waals surface area contributed by atoms with Gasteiger partial charge in [-0.1, -0.05) is 44.2 Å². The highest BCUT2D eigenvalue weighted by Crippen LogP contribution is 2.22. The molecule has 0 radical (unpaired) electrons. The molecular weight excluding hydrogens is 343 g/mol.